The molecule has 0 spiro atoms. The van der Waals surface area contributed by atoms with E-state index in [1.54, 1.807) is 4.57 Å². The Hall–Kier alpha value is -4.01. The number of hydrogen-bond donors (Lipinski definition) is 1. The van der Waals surface area contributed by atoms with Crippen LogP contribution in [0.25, 0.3) is 0 Å². The van der Waals surface area contributed by atoms with Crippen LogP contribution in [0.2, 0.25) is 0 Å². The summed E-state index contributed by atoms with van der Waals surface area (Å²) in [6.45, 7) is 2.24. The number of ether oxygens (including phenoxy) is 1. The molecule has 2 atom stereocenters. The number of carbonyl (C=O) groups excluding carboxylic acids is 2. The summed E-state index contributed by atoms with van der Waals surface area (Å²) in [5, 5.41) is 2.53. The van der Waals surface area contributed by atoms with Crippen molar-refractivity contribution in [3.8, 4) is 5.75 Å². The van der Waals surface area contributed by atoms with Gasteiger partial charge in [-0.1, -0.05) is 36.4 Å². The van der Waals surface area contributed by atoms with E-state index in [4.69, 9.17) is 4.74 Å². The SMILES string of the molecule is C[C@@H]1CCC[C@H]2Cn3cc(C(=O)NCc4ccc(F)cc4F)c(=O)c(OCc4ccccc4)c3C(=O)N21. The van der Waals surface area contributed by atoms with Crippen LogP contribution < -0.4 is 15.5 Å². The third kappa shape index (κ3) is 4.85. The molecule has 0 bridgehead atoms. The molecule has 37 heavy (non-hydrogen) atoms. The van der Waals surface area contributed by atoms with Crippen LogP contribution in [0.5, 0.6) is 5.75 Å². The predicted octanol–water partition coefficient (Wildman–Crippen LogP) is 4.03. The fraction of sp³-hybridized carbons (Fsp3) is 0.321. The molecule has 2 aromatic carbocycles. The molecule has 3 heterocycles. The zero-order valence-corrected chi connectivity index (χ0v) is 20.4. The molecule has 192 valence electrons. The molecule has 0 radical (unpaired) electrons. The molecule has 0 aliphatic carbocycles. The molecule has 2 aliphatic heterocycles. The van der Waals surface area contributed by atoms with E-state index >= 15 is 0 Å². The number of amides is 2. The number of hydrogen-bond acceptors (Lipinski definition) is 4. The van der Waals surface area contributed by atoms with E-state index in [-0.39, 0.29) is 53.7 Å². The third-order valence-electron chi connectivity index (χ3n) is 7.04. The van der Waals surface area contributed by atoms with Crippen molar-refractivity contribution in [1.82, 2.24) is 14.8 Å². The van der Waals surface area contributed by atoms with Crippen LogP contribution >= 0.6 is 0 Å². The van der Waals surface area contributed by atoms with Crippen LogP contribution in [-0.2, 0) is 19.7 Å². The predicted molar refractivity (Wildman–Crippen MR) is 132 cm³/mol. The number of benzene rings is 2. The number of carbonyl (C=O) groups is 2. The molecule has 1 fully saturated rings. The van der Waals surface area contributed by atoms with Gasteiger partial charge in [0, 0.05) is 37.0 Å². The number of fused-ring (bicyclic) bond motifs is 2. The maximum Gasteiger partial charge on any atom is 0.275 e. The highest BCUT2D eigenvalue weighted by Crippen LogP contribution is 2.32. The van der Waals surface area contributed by atoms with Crippen LogP contribution in [0.15, 0.2) is 59.5 Å². The lowest BCUT2D eigenvalue weighted by Crippen LogP contribution is -2.55. The van der Waals surface area contributed by atoms with Gasteiger partial charge < -0.3 is 19.5 Å². The molecule has 2 amide bonds. The Morgan fingerprint density at radius 1 is 1.11 bits per heavy atom. The first-order valence-corrected chi connectivity index (χ1v) is 12.3. The Labute approximate surface area is 212 Å². The first kappa shape index (κ1) is 24.7. The number of rotatable bonds is 6. The average molecular weight is 508 g/mol. The molecule has 0 saturated carbocycles. The third-order valence-corrected chi connectivity index (χ3v) is 7.04. The maximum atomic E-state index is 14.0. The van der Waals surface area contributed by atoms with Crippen molar-refractivity contribution in [2.24, 2.45) is 0 Å². The summed E-state index contributed by atoms with van der Waals surface area (Å²) in [5.41, 5.74) is 0.0902. The van der Waals surface area contributed by atoms with Crippen molar-refractivity contribution < 1.29 is 23.1 Å². The molecule has 1 aromatic heterocycles. The Morgan fingerprint density at radius 3 is 2.65 bits per heavy atom. The Kier molecular flexibility index (Phi) is 6.78. The summed E-state index contributed by atoms with van der Waals surface area (Å²) in [6.07, 6.45) is 4.08. The van der Waals surface area contributed by atoms with Crippen molar-refractivity contribution in [2.45, 2.75) is 58.0 Å². The number of nitrogens with one attached hydrogen (secondary N) is 1. The smallest absolute Gasteiger partial charge is 0.275 e. The topological polar surface area (TPSA) is 80.6 Å². The van der Waals surface area contributed by atoms with Crippen molar-refractivity contribution in [3.63, 3.8) is 0 Å². The number of pyridine rings is 1. The van der Waals surface area contributed by atoms with Gasteiger partial charge in [-0.25, -0.2) is 8.78 Å². The van der Waals surface area contributed by atoms with Gasteiger partial charge in [0.2, 0.25) is 5.43 Å². The van der Waals surface area contributed by atoms with Gasteiger partial charge in [-0.05, 0) is 37.8 Å². The number of halogens is 2. The standard InChI is InChI=1S/C28H27F2N3O4/c1-17-6-5-9-21-14-32-15-22(27(35)31-13-19-10-11-20(29)12-23(19)30)25(34)26(24(32)28(36)33(17)21)37-16-18-7-3-2-4-8-18/h2-4,7-8,10-12,15,17,21H,5-6,9,13-14,16H2,1H3,(H,31,35)/t17-,21+/m1/s1. The molecule has 7 nitrogen and oxygen atoms in total. The van der Waals surface area contributed by atoms with E-state index in [1.165, 1.54) is 12.3 Å². The Bertz CT molecular complexity index is 1410. The minimum absolute atomic E-state index is 0.0330. The van der Waals surface area contributed by atoms with Gasteiger partial charge in [-0.2, -0.15) is 0 Å². The second kappa shape index (κ2) is 10.2. The molecular weight excluding hydrogens is 480 g/mol. The van der Waals surface area contributed by atoms with E-state index in [0.717, 1.165) is 37.0 Å². The second-order valence-corrected chi connectivity index (χ2v) is 9.54. The Morgan fingerprint density at radius 2 is 1.89 bits per heavy atom. The monoisotopic (exact) mass is 507 g/mol. The van der Waals surface area contributed by atoms with Gasteiger partial charge in [-0.15, -0.1) is 0 Å². The summed E-state index contributed by atoms with van der Waals surface area (Å²) < 4.78 is 34.8. The van der Waals surface area contributed by atoms with E-state index < -0.39 is 23.0 Å². The van der Waals surface area contributed by atoms with Crippen molar-refractivity contribution in [2.75, 3.05) is 0 Å². The summed E-state index contributed by atoms with van der Waals surface area (Å²) >= 11 is 0. The highest BCUT2D eigenvalue weighted by Gasteiger charge is 2.40. The van der Waals surface area contributed by atoms with Crippen molar-refractivity contribution >= 4 is 11.8 Å². The summed E-state index contributed by atoms with van der Waals surface area (Å²) in [6, 6.07) is 12.2. The van der Waals surface area contributed by atoms with E-state index in [9.17, 15) is 23.2 Å². The number of aromatic nitrogens is 1. The second-order valence-electron chi connectivity index (χ2n) is 9.54. The van der Waals surface area contributed by atoms with Gasteiger partial charge >= 0.3 is 0 Å². The lowest BCUT2D eigenvalue weighted by Gasteiger charge is -2.45. The molecule has 5 rings (SSSR count). The fourth-order valence-electron chi connectivity index (χ4n) is 5.15. The highest BCUT2D eigenvalue weighted by molar-refractivity contribution is 5.99. The van der Waals surface area contributed by atoms with Gasteiger partial charge in [0.25, 0.3) is 11.8 Å². The number of nitrogens with zero attached hydrogens (tertiary/aromatic N) is 2. The van der Waals surface area contributed by atoms with Gasteiger partial charge in [0.05, 0.1) is 6.04 Å². The lowest BCUT2D eigenvalue weighted by atomic mass is 9.93. The van der Waals surface area contributed by atoms with Crippen LogP contribution in [-0.4, -0.2) is 33.4 Å². The normalized spacial score (nSPS) is 18.7. The molecule has 1 N–H and O–H groups in total. The number of piperidine rings is 1. The maximum absolute atomic E-state index is 14.0. The van der Waals surface area contributed by atoms with Crippen LogP contribution in [0.3, 0.4) is 0 Å². The molecule has 3 aromatic rings. The summed E-state index contributed by atoms with van der Waals surface area (Å²) in [7, 11) is 0. The minimum Gasteiger partial charge on any atom is -0.483 e. The van der Waals surface area contributed by atoms with E-state index in [1.807, 2.05) is 42.2 Å². The van der Waals surface area contributed by atoms with Crippen LogP contribution in [0.1, 0.15) is 58.2 Å². The zero-order valence-electron chi connectivity index (χ0n) is 20.4. The largest absolute Gasteiger partial charge is 0.483 e. The zero-order chi connectivity index (χ0) is 26.1. The van der Waals surface area contributed by atoms with Gasteiger partial charge in [0.15, 0.2) is 11.4 Å². The van der Waals surface area contributed by atoms with E-state index in [2.05, 4.69) is 5.32 Å². The van der Waals surface area contributed by atoms with Crippen molar-refractivity contribution in [1.29, 1.82) is 0 Å². The van der Waals surface area contributed by atoms with Crippen molar-refractivity contribution in [3.05, 3.63) is 99.0 Å². The van der Waals surface area contributed by atoms with Gasteiger partial charge in [0.1, 0.15) is 23.8 Å². The highest BCUT2D eigenvalue weighted by atomic mass is 19.1. The first-order valence-electron chi connectivity index (χ1n) is 12.3. The Balaban J connectivity index is 1.50. The molecule has 1 saturated heterocycles. The average Bonchev–Trinajstić information content (AvgIpc) is 2.88. The van der Waals surface area contributed by atoms with Gasteiger partial charge in [-0.3, -0.25) is 14.4 Å². The quantitative estimate of drug-likeness (QED) is 0.546. The molecule has 0 unspecified atom stereocenters. The minimum atomic E-state index is -0.800. The van der Waals surface area contributed by atoms with Crippen LogP contribution in [0, 0.1) is 11.6 Å². The van der Waals surface area contributed by atoms with Crippen LogP contribution in [0.4, 0.5) is 8.78 Å². The molecule has 2 aliphatic rings. The lowest BCUT2D eigenvalue weighted by molar-refractivity contribution is 0.0352. The summed E-state index contributed by atoms with van der Waals surface area (Å²) in [5.74, 6) is -2.72. The molecular formula is C28H27F2N3O4. The summed E-state index contributed by atoms with van der Waals surface area (Å²) in [4.78, 5) is 42.0. The fourth-order valence-corrected chi connectivity index (χ4v) is 5.15. The molecule has 9 heteroatoms. The van der Waals surface area contributed by atoms with E-state index in [0.29, 0.717) is 6.54 Å². The first-order chi connectivity index (χ1) is 17.8.